The number of halogens is 2. The maximum Gasteiger partial charge on any atom is 0.0140 e. The number of rotatable bonds is 0. The SMILES string of the molecule is [O-]c1ccc(I)cc1I. The molecule has 48 valence electrons. The molecule has 0 aliphatic rings. The molecule has 0 saturated heterocycles. The predicted molar refractivity (Wildman–Crippen MR) is 51.3 cm³/mol. The summed E-state index contributed by atoms with van der Waals surface area (Å²) >= 11 is 4.21. The van der Waals surface area contributed by atoms with Crippen LogP contribution in [0.3, 0.4) is 0 Å². The summed E-state index contributed by atoms with van der Waals surface area (Å²) in [6.07, 6.45) is 0. The van der Waals surface area contributed by atoms with Gasteiger partial charge in [0.2, 0.25) is 0 Å². The summed E-state index contributed by atoms with van der Waals surface area (Å²) in [6.45, 7) is 0. The van der Waals surface area contributed by atoms with Gasteiger partial charge in [-0.15, -0.1) is 0 Å². The quantitative estimate of drug-likeness (QED) is 0.660. The highest BCUT2D eigenvalue weighted by molar-refractivity contribution is 14.1. The lowest BCUT2D eigenvalue weighted by atomic mass is 10.3. The van der Waals surface area contributed by atoms with E-state index in [0.717, 1.165) is 7.14 Å². The van der Waals surface area contributed by atoms with Gasteiger partial charge in [-0.1, -0.05) is 11.8 Å². The molecule has 1 nitrogen and oxygen atoms in total. The van der Waals surface area contributed by atoms with Crippen LogP contribution >= 0.6 is 45.2 Å². The van der Waals surface area contributed by atoms with E-state index in [2.05, 4.69) is 22.6 Å². The first kappa shape index (κ1) is 7.59. The van der Waals surface area contributed by atoms with Gasteiger partial charge < -0.3 is 5.11 Å². The number of hydrogen-bond acceptors (Lipinski definition) is 1. The second-order valence-electron chi connectivity index (χ2n) is 1.57. The maximum absolute atomic E-state index is 10.8. The smallest absolute Gasteiger partial charge is 0.0140 e. The highest BCUT2D eigenvalue weighted by Crippen LogP contribution is 2.18. The Morgan fingerprint density at radius 1 is 1.22 bits per heavy atom. The van der Waals surface area contributed by atoms with Crippen molar-refractivity contribution in [2.75, 3.05) is 0 Å². The summed E-state index contributed by atoms with van der Waals surface area (Å²) in [5, 5.41) is 10.8. The first-order valence-corrected chi connectivity index (χ1v) is 4.48. The van der Waals surface area contributed by atoms with E-state index in [0.29, 0.717) is 0 Å². The lowest BCUT2D eigenvalue weighted by molar-refractivity contribution is -0.269. The third-order valence-corrected chi connectivity index (χ3v) is 2.41. The van der Waals surface area contributed by atoms with E-state index < -0.39 is 0 Å². The molecule has 0 heterocycles. The van der Waals surface area contributed by atoms with Crippen LogP contribution in [0.25, 0.3) is 0 Å². The second kappa shape index (κ2) is 3.05. The van der Waals surface area contributed by atoms with Crippen molar-refractivity contribution < 1.29 is 5.11 Å². The van der Waals surface area contributed by atoms with E-state index in [1.807, 2.05) is 34.7 Å². The van der Waals surface area contributed by atoms with Crippen LogP contribution in [0.1, 0.15) is 0 Å². The Kier molecular flexibility index (Phi) is 2.57. The number of benzene rings is 1. The summed E-state index contributed by atoms with van der Waals surface area (Å²) in [7, 11) is 0. The van der Waals surface area contributed by atoms with Gasteiger partial charge in [0.25, 0.3) is 0 Å². The summed E-state index contributed by atoms with van der Waals surface area (Å²) in [5.41, 5.74) is 0. The molecular weight excluding hydrogens is 342 g/mol. The lowest BCUT2D eigenvalue weighted by Gasteiger charge is -2.06. The highest BCUT2D eigenvalue weighted by Gasteiger charge is 1.87. The highest BCUT2D eigenvalue weighted by atomic mass is 127. The zero-order valence-electron chi connectivity index (χ0n) is 4.40. The normalized spacial score (nSPS) is 9.56. The molecule has 0 unspecified atom stereocenters. The first-order chi connectivity index (χ1) is 4.20. The molecule has 9 heavy (non-hydrogen) atoms. The van der Waals surface area contributed by atoms with Gasteiger partial charge in [0.1, 0.15) is 0 Å². The molecule has 0 bridgehead atoms. The standard InChI is InChI=1S/C6H4I2O/c7-4-1-2-6(9)5(8)3-4/h1-3,9H/p-1. The van der Waals surface area contributed by atoms with Crippen LogP contribution < -0.4 is 5.11 Å². The molecular formula is C6H3I2O-. The molecule has 0 aliphatic carbocycles. The predicted octanol–water partition coefficient (Wildman–Crippen LogP) is 1.97. The molecule has 3 heteroatoms. The average molecular weight is 345 g/mol. The minimum Gasteiger partial charge on any atom is -0.872 e. The van der Waals surface area contributed by atoms with Crippen LogP contribution in [0.15, 0.2) is 18.2 Å². The van der Waals surface area contributed by atoms with Crippen LogP contribution in [0.5, 0.6) is 5.75 Å². The van der Waals surface area contributed by atoms with Gasteiger partial charge >= 0.3 is 0 Å². The van der Waals surface area contributed by atoms with Crippen molar-refractivity contribution in [1.29, 1.82) is 0 Å². The third-order valence-electron chi connectivity index (χ3n) is 0.894. The Morgan fingerprint density at radius 2 is 1.89 bits per heavy atom. The Bertz CT molecular complexity index is 222. The van der Waals surface area contributed by atoms with Crippen molar-refractivity contribution in [2.45, 2.75) is 0 Å². The van der Waals surface area contributed by atoms with Crippen LogP contribution in [0.4, 0.5) is 0 Å². The van der Waals surface area contributed by atoms with Gasteiger partial charge in [-0.05, 0) is 57.3 Å². The van der Waals surface area contributed by atoms with Crippen LogP contribution in [0.2, 0.25) is 0 Å². The van der Waals surface area contributed by atoms with E-state index in [-0.39, 0.29) is 5.75 Å². The van der Waals surface area contributed by atoms with Crippen LogP contribution in [0, 0.1) is 7.14 Å². The van der Waals surface area contributed by atoms with Gasteiger partial charge in [-0.2, -0.15) is 0 Å². The Balaban J connectivity index is 3.17. The van der Waals surface area contributed by atoms with Gasteiger partial charge in [-0.25, -0.2) is 0 Å². The van der Waals surface area contributed by atoms with E-state index in [9.17, 15) is 5.11 Å². The monoisotopic (exact) mass is 345 g/mol. The fourth-order valence-corrected chi connectivity index (χ4v) is 2.08. The Morgan fingerprint density at radius 3 is 2.33 bits per heavy atom. The molecule has 0 aliphatic heterocycles. The van der Waals surface area contributed by atoms with E-state index in [4.69, 9.17) is 0 Å². The fourth-order valence-electron chi connectivity index (χ4n) is 0.475. The fraction of sp³-hybridized carbons (Fsp3) is 0. The summed E-state index contributed by atoms with van der Waals surface area (Å²) in [4.78, 5) is 0. The second-order valence-corrected chi connectivity index (χ2v) is 3.98. The lowest BCUT2D eigenvalue weighted by Crippen LogP contribution is -1.92. The summed E-state index contributed by atoms with van der Waals surface area (Å²) < 4.78 is 1.90. The van der Waals surface area contributed by atoms with Crippen LogP contribution in [-0.2, 0) is 0 Å². The molecule has 0 aromatic heterocycles. The molecule has 1 aromatic rings. The Labute approximate surface area is 80.7 Å². The Hall–Kier alpha value is 0.480. The van der Waals surface area contributed by atoms with Gasteiger partial charge in [0.05, 0.1) is 0 Å². The summed E-state index contributed by atoms with van der Waals surface area (Å²) in [6, 6.07) is 5.26. The zero-order valence-corrected chi connectivity index (χ0v) is 8.71. The maximum atomic E-state index is 10.8. The van der Waals surface area contributed by atoms with E-state index in [1.54, 1.807) is 6.07 Å². The van der Waals surface area contributed by atoms with Gasteiger partial charge in [0, 0.05) is 7.14 Å². The zero-order chi connectivity index (χ0) is 6.85. The minimum absolute atomic E-state index is 0.107. The molecule has 0 spiro atoms. The molecule has 1 aromatic carbocycles. The average Bonchev–Trinajstić information content (AvgIpc) is 1.80. The van der Waals surface area contributed by atoms with Crippen molar-refractivity contribution in [3.05, 3.63) is 25.3 Å². The minimum atomic E-state index is 0.107. The van der Waals surface area contributed by atoms with Crippen molar-refractivity contribution in [3.63, 3.8) is 0 Å². The van der Waals surface area contributed by atoms with Crippen molar-refractivity contribution in [2.24, 2.45) is 0 Å². The molecule has 0 amide bonds. The van der Waals surface area contributed by atoms with Crippen LogP contribution in [-0.4, -0.2) is 0 Å². The first-order valence-electron chi connectivity index (χ1n) is 2.32. The van der Waals surface area contributed by atoms with E-state index >= 15 is 0 Å². The molecule has 0 saturated carbocycles. The van der Waals surface area contributed by atoms with Gasteiger partial charge in [-0.3, -0.25) is 0 Å². The summed E-state index contributed by atoms with van der Waals surface area (Å²) in [5.74, 6) is 0.107. The van der Waals surface area contributed by atoms with Crippen molar-refractivity contribution in [1.82, 2.24) is 0 Å². The largest absolute Gasteiger partial charge is 0.872 e. The topological polar surface area (TPSA) is 23.1 Å². The van der Waals surface area contributed by atoms with Crippen molar-refractivity contribution >= 4 is 45.2 Å². The molecule has 0 radical (unpaired) electrons. The van der Waals surface area contributed by atoms with E-state index in [1.165, 1.54) is 0 Å². The third kappa shape index (κ3) is 1.96. The molecule has 0 fully saturated rings. The molecule has 1 rings (SSSR count). The van der Waals surface area contributed by atoms with Gasteiger partial charge in [0.15, 0.2) is 0 Å². The molecule has 0 N–H and O–H groups in total. The van der Waals surface area contributed by atoms with Crippen molar-refractivity contribution in [3.8, 4) is 5.75 Å². The number of hydrogen-bond donors (Lipinski definition) is 0. The molecule has 0 atom stereocenters.